The van der Waals surface area contributed by atoms with Crippen molar-refractivity contribution in [3.05, 3.63) is 41.1 Å². The molecule has 0 fully saturated rings. The van der Waals surface area contributed by atoms with Gasteiger partial charge in [0.25, 0.3) is 0 Å². The largest absolute Gasteiger partial charge is 0.392 e. The number of benzene rings is 1. The summed E-state index contributed by atoms with van der Waals surface area (Å²) in [5, 5.41) is 10.2. The van der Waals surface area contributed by atoms with E-state index in [1.54, 1.807) is 0 Å². The lowest BCUT2D eigenvalue weighted by molar-refractivity contribution is 0.282. The molecular weight excluding hydrogens is 174 g/mol. The summed E-state index contributed by atoms with van der Waals surface area (Å²) in [5.74, 6) is 0. The van der Waals surface area contributed by atoms with Crippen LogP contribution in [-0.4, -0.2) is 10.1 Å². The topological polar surface area (TPSA) is 33.1 Å². The number of hydrogen-bond acceptors (Lipinski definition) is 2. The van der Waals surface area contributed by atoms with Gasteiger partial charge < -0.3 is 5.11 Å². The molecule has 0 aliphatic carbocycles. The highest BCUT2D eigenvalue weighted by atomic mass is 16.3. The van der Waals surface area contributed by atoms with E-state index in [2.05, 4.69) is 11.9 Å². The number of aliphatic hydroxyl groups excluding tert-OH is 1. The second-order valence-corrected chi connectivity index (χ2v) is 3.59. The van der Waals surface area contributed by atoms with Crippen LogP contribution in [0.4, 0.5) is 0 Å². The number of rotatable bonds is 1. The van der Waals surface area contributed by atoms with Gasteiger partial charge in [0.1, 0.15) is 0 Å². The quantitative estimate of drug-likeness (QED) is 0.743. The minimum absolute atomic E-state index is 0.0884. The Morgan fingerprint density at radius 2 is 2.00 bits per heavy atom. The molecule has 2 aromatic rings. The second kappa shape index (κ2) is 3.39. The van der Waals surface area contributed by atoms with Crippen LogP contribution in [0, 0.1) is 13.8 Å². The minimum Gasteiger partial charge on any atom is -0.392 e. The molecule has 0 saturated carbocycles. The van der Waals surface area contributed by atoms with Crippen molar-refractivity contribution in [2.45, 2.75) is 20.5 Å². The Hall–Kier alpha value is -1.41. The molecule has 0 saturated heterocycles. The smallest absolute Gasteiger partial charge is 0.0733 e. The maximum Gasteiger partial charge on any atom is 0.0733 e. The van der Waals surface area contributed by atoms with Gasteiger partial charge in [-0.3, -0.25) is 4.98 Å². The lowest BCUT2D eigenvalue weighted by Crippen LogP contribution is -1.90. The Morgan fingerprint density at radius 3 is 2.71 bits per heavy atom. The van der Waals surface area contributed by atoms with E-state index in [4.69, 9.17) is 5.11 Å². The van der Waals surface area contributed by atoms with Crippen molar-refractivity contribution >= 4 is 10.9 Å². The first-order valence-electron chi connectivity index (χ1n) is 4.68. The zero-order chi connectivity index (χ0) is 10.1. The van der Waals surface area contributed by atoms with Crippen LogP contribution >= 0.6 is 0 Å². The number of fused-ring (bicyclic) bond motifs is 1. The fraction of sp³-hybridized carbons (Fsp3) is 0.250. The van der Waals surface area contributed by atoms with Crippen LogP contribution in [0.3, 0.4) is 0 Å². The normalized spacial score (nSPS) is 10.8. The Bertz CT molecular complexity index is 477. The number of nitrogens with zero attached hydrogens (tertiary/aromatic N) is 1. The van der Waals surface area contributed by atoms with Crippen molar-refractivity contribution in [2.75, 3.05) is 0 Å². The Morgan fingerprint density at radius 1 is 1.21 bits per heavy atom. The number of hydrogen-bond donors (Lipinski definition) is 1. The lowest BCUT2D eigenvalue weighted by atomic mass is 10.0. The number of aromatic nitrogens is 1. The molecule has 0 aliphatic heterocycles. The van der Waals surface area contributed by atoms with Crippen LogP contribution < -0.4 is 0 Å². The van der Waals surface area contributed by atoms with E-state index < -0.39 is 0 Å². The van der Waals surface area contributed by atoms with Gasteiger partial charge in [0.15, 0.2) is 0 Å². The predicted octanol–water partition coefficient (Wildman–Crippen LogP) is 2.34. The molecule has 1 N–H and O–H groups in total. The lowest BCUT2D eigenvalue weighted by Gasteiger charge is -2.06. The predicted molar refractivity (Wildman–Crippen MR) is 57.1 cm³/mol. The van der Waals surface area contributed by atoms with Crippen LogP contribution in [0.1, 0.15) is 16.7 Å². The molecule has 1 aromatic carbocycles. The van der Waals surface area contributed by atoms with Crippen molar-refractivity contribution in [3.63, 3.8) is 0 Å². The van der Waals surface area contributed by atoms with E-state index in [0.29, 0.717) is 0 Å². The molecule has 2 nitrogen and oxygen atoms in total. The standard InChI is InChI=1S/C12H13NO/c1-8-3-4-13-12-9(2)5-10(7-14)6-11(8)12/h3-6,14H,7H2,1-2H3. The molecule has 0 unspecified atom stereocenters. The van der Waals surface area contributed by atoms with Gasteiger partial charge in [-0.2, -0.15) is 0 Å². The van der Waals surface area contributed by atoms with Crippen LogP contribution in [0.15, 0.2) is 24.4 Å². The highest BCUT2D eigenvalue weighted by Gasteiger charge is 2.03. The zero-order valence-corrected chi connectivity index (χ0v) is 8.41. The van der Waals surface area contributed by atoms with Gasteiger partial charge in [0, 0.05) is 11.6 Å². The van der Waals surface area contributed by atoms with Crippen molar-refractivity contribution < 1.29 is 5.11 Å². The minimum atomic E-state index is 0.0884. The average Bonchev–Trinajstić information content (AvgIpc) is 2.19. The zero-order valence-electron chi connectivity index (χ0n) is 8.41. The monoisotopic (exact) mass is 187 g/mol. The first-order valence-corrected chi connectivity index (χ1v) is 4.68. The van der Waals surface area contributed by atoms with Crippen molar-refractivity contribution in [1.82, 2.24) is 4.98 Å². The van der Waals surface area contributed by atoms with Gasteiger partial charge in [-0.25, -0.2) is 0 Å². The summed E-state index contributed by atoms with van der Waals surface area (Å²) >= 11 is 0. The molecule has 0 spiro atoms. The molecule has 0 atom stereocenters. The summed E-state index contributed by atoms with van der Waals surface area (Å²) in [4.78, 5) is 4.34. The summed E-state index contributed by atoms with van der Waals surface area (Å²) in [6.45, 7) is 4.17. The van der Waals surface area contributed by atoms with Gasteiger partial charge in [0.2, 0.25) is 0 Å². The second-order valence-electron chi connectivity index (χ2n) is 3.59. The van der Waals surface area contributed by atoms with Crippen molar-refractivity contribution in [3.8, 4) is 0 Å². The molecule has 72 valence electrons. The fourth-order valence-corrected chi connectivity index (χ4v) is 1.73. The molecule has 1 heterocycles. The van der Waals surface area contributed by atoms with Crippen LogP contribution in [0.25, 0.3) is 10.9 Å². The van der Waals surface area contributed by atoms with E-state index in [1.165, 1.54) is 5.56 Å². The Kier molecular flexibility index (Phi) is 2.22. The third-order valence-corrected chi connectivity index (χ3v) is 2.50. The molecule has 1 aromatic heterocycles. The van der Waals surface area contributed by atoms with E-state index in [-0.39, 0.29) is 6.61 Å². The first-order chi connectivity index (χ1) is 6.72. The highest BCUT2D eigenvalue weighted by Crippen LogP contribution is 2.21. The molecule has 2 heteroatoms. The molecule has 2 rings (SSSR count). The summed E-state index contributed by atoms with van der Waals surface area (Å²) in [5.41, 5.74) is 4.30. The average molecular weight is 187 g/mol. The summed E-state index contributed by atoms with van der Waals surface area (Å²) in [7, 11) is 0. The van der Waals surface area contributed by atoms with Gasteiger partial charge >= 0.3 is 0 Å². The maximum atomic E-state index is 9.09. The van der Waals surface area contributed by atoms with E-state index in [9.17, 15) is 0 Å². The molecule has 0 radical (unpaired) electrons. The summed E-state index contributed by atoms with van der Waals surface area (Å²) in [6, 6.07) is 5.97. The van der Waals surface area contributed by atoms with Gasteiger partial charge in [-0.05, 0) is 42.7 Å². The Balaban J connectivity index is 2.83. The molecule has 0 aliphatic rings. The summed E-state index contributed by atoms with van der Waals surface area (Å²) in [6.07, 6.45) is 1.82. The summed E-state index contributed by atoms with van der Waals surface area (Å²) < 4.78 is 0. The Labute approximate surface area is 83.2 Å². The van der Waals surface area contributed by atoms with Crippen LogP contribution in [-0.2, 0) is 6.61 Å². The number of aryl methyl sites for hydroxylation is 2. The van der Waals surface area contributed by atoms with E-state index >= 15 is 0 Å². The SMILES string of the molecule is Cc1ccnc2c(C)cc(CO)cc12. The van der Waals surface area contributed by atoms with E-state index in [1.807, 2.05) is 31.3 Å². The van der Waals surface area contributed by atoms with Crippen LogP contribution in [0.2, 0.25) is 0 Å². The number of pyridine rings is 1. The molecule has 0 bridgehead atoms. The first kappa shape index (κ1) is 9.16. The molecule has 0 amide bonds. The van der Waals surface area contributed by atoms with Gasteiger partial charge in [-0.15, -0.1) is 0 Å². The maximum absolute atomic E-state index is 9.09. The van der Waals surface area contributed by atoms with Gasteiger partial charge in [-0.1, -0.05) is 6.07 Å². The van der Waals surface area contributed by atoms with Crippen molar-refractivity contribution in [1.29, 1.82) is 0 Å². The van der Waals surface area contributed by atoms with Gasteiger partial charge in [0.05, 0.1) is 12.1 Å². The molecular formula is C12H13NO. The van der Waals surface area contributed by atoms with E-state index in [0.717, 1.165) is 22.0 Å². The van der Waals surface area contributed by atoms with Crippen LogP contribution in [0.5, 0.6) is 0 Å². The highest BCUT2D eigenvalue weighted by molar-refractivity contribution is 5.85. The van der Waals surface area contributed by atoms with Crippen molar-refractivity contribution in [2.24, 2.45) is 0 Å². The third-order valence-electron chi connectivity index (χ3n) is 2.50. The number of aliphatic hydroxyl groups is 1. The molecule has 14 heavy (non-hydrogen) atoms. The third kappa shape index (κ3) is 1.38. The fourth-order valence-electron chi connectivity index (χ4n) is 1.73.